The Morgan fingerprint density at radius 3 is 2.81 bits per heavy atom. The Morgan fingerprint density at radius 2 is 2.04 bits per heavy atom. The highest BCUT2D eigenvalue weighted by Crippen LogP contribution is 2.29. The zero-order chi connectivity index (χ0) is 18.4. The number of nitrogens with one attached hydrogen (secondary N) is 1. The van der Waals surface area contributed by atoms with Crippen molar-refractivity contribution in [2.45, 2.75) is 20.5 Å². The number of benzene rings is 2. The first-order valence-electron chi connectivity index (χ1n) is 8.21. The maximum atomic E-state index is 5.97. The number of hydrogen-bond acceptors (Lipinski definition) is 6. The third-order valence-electron chi connectivity index (χ3n) is 3.88. The summed E-state index contributed by atoms with van der Waals surface area (Å²) in [5.74, 6) is 1.38. The normalized spacial score (nSPS) is 10.9. The number of anilines is 1. The predicted molar refractivity (Wildman–Crippen MR) is 107 cm³/mol. The van der Waals surface area contributed by atoms with E-state index in [1.54, 1.807) is 19.5 Å². The fraction of sp³-hybridized carbons (Fsp3) is 0.200. The molecule has 3 rings (SSSR count). The van der Waals surface area contributed by atoms with E-state index in [-0.39, 0.29) is 0 Å². The van der Waals surface area contributed by atoms with Crippen molar-refractivity contribution < 1.29 is 9.47 Å². The van der Waals surface area contributed by atoms with Gasteiger partial charge in [0.15, 0.2) is 11.5 Å². The summed E-state index contributed by atoms with van der Waals surface area (Å²) in [6.07, 6.45) is 3.45. The van der Waals surface area contributed by atoms with Crippen LogP contribution in [0, 0.1) is 13.8 Å². The summed E-state index contributed by atoms with van der Waals surface area (Å²) in [7, 11) is 1.63. The van der Waals surface area contributed by atoms with Crippen LogP contribution in [0.1, 0.15) is 22.3 Å². The van der Waals surface area contributed by atoms with Crippen LogP contribution >= 0.6 is 11.3 Å². The van der Waals surface area contributed by atoms with Gasteiger partial charge in [-0.2, -0.15) is 5.10 Å². The lowest BCUT2D eigenvalue weighted by Crippen LogP contribution is -2.00. The van der Waals surface area contributed by atoms with E-state index in [1.807, 2.05) is 23.6 Å². The Morgan fingerprint density at radius 1 is 1.15 bits per heavy atom. The van der Waals surface area contributed by atoms with E-state index < -0.39 is 0 Å². The monoisotopic (exact) mass is 367 g/mol. The fourth-order valence-electron chi connectivity index (χ4n) is 2.44. The molecule has 134 valence electrons. The van der Waals surface area contributed by atoms with Crippen molar-refractivity contribution >= 4 is 22.7 Å². The lowest BCUT2D eigenvalue weighted by molar-refractivity contribution is 0.284. The zero-order valence-electron chi connectivity index (χ0n) is 15.0. The molecular formula is C20H21N3O2S. The fourth-order valence-corrected chi connectivity index (χ4v) is 2.91. The molecule has 26 heavy (non-hydrogen) atoms. The Hall–Kier alpha value is -2.86. The molecular weight excluding hydrogens is 346 g/mol. The van der Waals surface area contributed by atoms with Crippen LogP contribution in [0.2, 0.25) is 0 Å². The predicted octanol–water partition coefficient (Wildman–Crippen LogP) is 4.79. The van der Waals surface area contributed by atoms with Crippen molar-refractivity contribution in [3.05, 3.63) is 70.2 Å². The van der Waals surface area contributed by atoms with Gasteiger partial charge in [-0.15, -0.1) is 11.3 Å². The minimum Gasteiger partial charge on any atom is -0.493 e. The molecule has 0 saturated carbocycles. The molecule has 1 heterocycles. The quantitative estimate of drug-likeness (QED) is 0.482. The van der Waals surface area contributed by atoms with E-state index in [9.17, 15) is 0 Å². The van der Waals surface area contributed by atoms with Crippen LogP contribution < -0.4 is 14.9 Å². The zero-order valence-corrected chi connectivity index (χ0v) is 15.8. The number of nitrogens with zero attached hydrogens (tertiary/aromatic N) is 2. The lowest BCUT2D eigenvalue weighted by Gasteiger charge is -2.13. The molecule has 0 spiro atoms. The van der Waals surface area contributed by atoms with E-state index >= 15 is 0 Å². The molecule has 5 nitrogen and oxygen atoms in total. The van der Waals surface area contributed by atoms with Crippen LogP contribution in [0.3, 0.4) is 0 Å². The largest absolute Gasteiger partial charge is 0.493 e. The smallest absolute Gasteiger partial charge is 0.203 e. The summed E-state index contributed by atoms with van der Waals surface area (Å²) in [5, 5.41) is 6.82. The van der Waals surface area contributed by atoms with Gasteiger partial charge >= 0.3 is 0 Å². The third-order valence-corrected chi connectivity index (χ3v) is 4.56. The molecule has 0 amide bonds. The second-order valence-corrected chi connectivity index (χ2v) is 6.73. The third kappa shape index (κ3) is 4.61. The van der Waals surface area contributed by atoms with E-state index in [4.69, 9.17) is 9.47 Å². The Labute approximate surface area is 157 Å². The van der Waals surface area contributed by atoms with Crippen molar-refractivity contribution in [1.29, 1.82) is 0 Å². The number of ether oxygens (including phenoxy) is 2. The van der Waals surface area contributed by atoms with Crippen LogP contribution in [0.5, 0.6) is 11.5 Å². The molecule has 0 aliphatic carbocycles. The molecule has 0 aliphatic rings. The van der Waals surface area contributed by atoms with Gasteiger partial charge in [-0.05, 0) is 48.7 Å². The number of aryl methyl sites for hydroxylation is 2. The molecule has 0 aliphatic heterocycles. The molecule has 0 atom stereocenters. The van der Waals surface area contributed by atoms with Crippen LogP contribution in [-0.4, -0.2) is 18.3 Å². The van der Waals surface area contributed by atoms with Crippen molar-refractivity contribution in [2.24, 2.45) is 5.10 Å². The summed E-state index contributed by atoms with van der Waals surface area (Å²) < 4.78 is 11.4. The highest BCUT2D eigenvalue weighted by Gasteiger charge is 2.07. The highest BCUT2D eigenvalue weighted by atomic mass is 32.1. The van der Waals surface area contributed by atoms with Crippen LogP contribution in [-0.2, 0) is 6.61 Å². The maximum absolute atomic E-state index is 5.97. The summed E-state index contributed by atoms with van der Waals surface area (Å²) in [5.41, 5.74) is 7.40. The number of hydrogen-bond donors (Lipinski definition) is 1. The second-order valence-electron chi connectivity index (χ2n) is 5.84. The minimum absolute atomic E-state index is 0.503. The highest BCUT2D eigenvalue weighted by molar-refractivity contribution is 7.13. The standard InChI is InChI=1S/C20H21N3O2S/c1-14-4-5-15(2)17(10-14)13-25-18-7-6-16(11-19(18)24-3)12-22-23-20-21-8-9-26-20/h4-12H,13H2,1-3H3,(H,21,23)/b22-12-. The molecule has 1 N–H and O–H groups in total. The van der Waals surface area contributed by atoms with Gasteiger partial charge in [-0.25, -0.2) is 4.98 Å². The van der Waals surface area contributed by atoms with Gasteiger partial charge < -0.3 is 9.47 Å². The van der Waals surface area contributed by atoms with Crippen LogP contribution in [0.15, 0.2) is 53.1 Å². The maximum Gasteiger partial charge on any atom is 0.203 e. The first-order chi connectivity index (χ1) is 12.7. The van der Waals surface area contributed by atoms with Gasteiger partial charge in [-0.3, -0.25) is 5.43 Å². The average molecular weight is 367 g/mol. The topological polar surface area (TPSA) is 55.7 Å². The van der Waals surface area contributed by atoms with Gasteiger partial charge in [0, 0.05) is 11.6 Å². The molecule has 0 saturated heterocycles. The summed E-state index contributed by atoms with van der Waals surface area (Å²) in [6.45, 7) is 4.67. The summed E-state index contributed by atoms with van der Waals surface area (Å²) in [4.78, 5) is 4.11. The van der Waals surface area contributed by atoms with Gasteiger partial charge in [0.05, 0.1) is 13.3 Å². The van der Waals surface area contributed by atoms with E-state index in [1.165, 1.54) is 28.0 Å². The Balaban J connectivity index is 1.68. The first-order valence-corrected chi connectivity index (χ1v) is 9.09. The van der Waals surface area contributed by atoms with Crippen molar-refractivity contribution in [1.82, 2.24) is 4.98 Å². The minimum atomic E-state index is 0.503. The Kier molecular flexibility index (Phi) is 5.86. The van der Waals surface area contributed by atoms with Gasteiger partial charge in [0.1, 0.15) is 6.61 Å². The molecule has 0 radical (unpaired) electrons. The van der Waals surface area contributed by atoms with Crippen molar-refractivity contribution in [3.8, 4) is 11.5 Å². The number of hydrazone groups is 1. The van der Waals surface area contributed by atoms with E-state index in [0.29, 0.717) is 18.1 Å². The second kappa shape index (κ2) is 8.49. The number of methoxy groups -OCH3 is 1. The molecule has 0 fully saturated rings. The number of thiazole rings is 1. The SMILES string of the molecule is COc1cc(/C=N\Nc2nccs2)ccc1OCc1cc(C)ccc1C. The van der Waals surface area contributed by atoms with Gasteiger partial charge in [0.25, 0.3) is 0 Å². The number of rotatable bonds is 7. The van der Waals surface area contributed by atoms with Crippen molar-refractivity contribution in [3.63, 3.8) is 0 Å². The molecule has 2 aromatic carbocycles. The average Bonchev–Trinajstić information content (AvgIpc) is 3.16. The molecule has 0 bridgehead atoms. The lowest BCUT2D eigenvalue weighted by atomic mass is 10.1. The van der Waals surface area contributed by atoms with Crippen LogP contribution in [0.25, 0.3) is 0 Å². The molecule has 1 aromatic heterocycles. The molecule has 3 aromatic rings. The van der Waals surface area contributed by atoms with E-state index in [2.05, 4.69) is 47.6 Å². The van der Waals surface area contributed by atoms with E-state index in [0.717, 1.165) is 10.7 Å². The van der Waals surface area contributed by atoms with Crippen LogP contribution in [0.4, 0.5) is 5.13 Å². The molecule has 6 heteroatoms. The summed E-state index contributed by atoms with van der Waals surface area (Å²) >= 11 is 1.49. The number of aromatic nitrogens is 1. The van der Waals surface area contributed by atoms with Crippen molar-refractivity contribution in [2.75, 3.05) is 12.5 Å². The van der Waals surface area contributed by atoms with Gasteiger partial charge in [0.2, 0.25) is 5.13 Å². The summed E-state index contributed by atoms with van der Waals surface area (Å²) in [6, 6.07) is 12.1. The molecule has 0 unspecified atom stereocenters. The van der Waals surface area contributed by atoms with Gasteiger partial charge in [-0.1, -0.05) is 23.8 Å². The first kappa shape index (κ1) is 17.9. The Bertz CT molecular complexity index is 892.